The predicted octanol–water partition coefficient (Wildman–Crippen LogP) is 4.77. The molecule has 0 unspecified atom stereocenters. The molecule has 3 aromatic rings. The summed E-state index contributed by atoms with van der Waals surface area (Å²) in [7, 11) is 0. The molecule has 0 aliphatic heterocycles. The molecule has 0 radical (unpaired) electrons. The molecule has 26 heavy (non-hydrogen) atoms. The molecule has 7 heteroatoms. The van der Waals surface area contributed by atoms with Crippen molar-refractivity contribution in [3.63, 3.8) is 0 Å². The van der Waals surface area contributed by atoms with Gasteiger partial charge >= 0.3 is 5.97 Å². The molecule has 0 saturated heterocycles. The molecule has 0 saturated carbocycles. The monoisotopic (exact) mass is 391 g/mol. The van der Waals surface area contributed by atoms with Crippen LogP contribution in [0.3, 0.4) is 0 Å². The van der Waals surface area contributed by atoms with Crippen molar-refractivity contribution in [1.29, 1.82) is 0 Å². The molecule has 2 aromatic carbocycles. The topological polar surface area (TPSA) is 68.5 Å². The zero-order valence-corrected chi connectivity index (χ0v) is 15.3. The lowest BCUT2D eigenvalue weighted by Crippen LogP contribution is -2.31. The third-order valence-corrected chi connectivity index (χ3v) is 4.48. The number of esters is 1. The third-order valence-electron chi connectivity index (χ3n) is 3.74. The van der Waals surface area contributed by atoms with E-state index in [1.54, 1.807) is 6.92 Å². The van der Waals surface area contributed by atoms with E-state index in [0.717, 1.165) is 11.0 Å². The van der Waals surface area contributed by atoms with Gasteiger partial charge in [0, 0.05) is 5.39 Å². The summed E-state index contributed by atoms with van der Waals surface area (Å²) in [6.45, 7) is 1.38. The van der Waals surface area contributed by atoms with E-state index in [4.69, 9.17) is 32.4 Å². The molecular formula is C19H15Cl2NO4. The molecule has 1 N–H and O–H groups in total. The van der Waals surface area contributed by atoms with Crippen LogP contribution in [0.15, 0.2) is 52.9 Å². The summed E-state index contributed by atoms with van der Waals surface area (Å²) in [6, 6.07) is 13.4. The van der Waals surface area contributed by atoms with Crippen LogP contribution in [0, 0.1) is 0 Å². The Morgan fingerprint density at radius 2 is 1.88 bits per heavy atom. The van der Waals surface area contributed by atoms with Gasteiger partial charge in [0.15, 0.2) is 6.61 Å². The van der Waals surface area contributed by atoms with E-state index in [0.29, 0.717) is 10.8 Å². The Labute approximate surface area is 159 Å². The average molecular weight is 392 g/mol. The number of benzene rings is 2. The number of amides is 1. The van der Waals surface area contributed by atoms with Gasteiger partial charge in [0.05, 0.1) is 21.7 Å². The lowest BCUT2D eigenvalue weighted by molar-refractivity contribution is -0.125. The van der Waals surface area contributed by atoms with Crippen LogP contribution < -0.4 is 5.32 Å². The summed E-state index contributed by atoms with van der Waals surface area (Å²) in [6.07, 6.45) is 0. The Kier molecular flexibility index (Phi) is 5.49. The minimum atomic E-state index is -0.657. The number of hydrogen-bond donors (Lipinski definition) is 1. The van der Waals surface area contributed by atoms with Gasteiger partial charge in [-0.3, -0.25) is 4.79 Å². The van der Waals surface area contributed by atoms with Gasteiger partial charge in [-0.15, -0.1) is 0 Å². The molecule has 0 spiro atoms. The highest BCUT2D eigenvalue weighted by molar-refractivity contribution is 6.42. The SMILES string of the molecule is C[C@H](NC(=O)COC(=O)c1ccc(Cl)c(Cl)c1)c1cc2ccccc2o1. The van der Waals surface area contributed by atoms with Crippen LogP contribution in [0.5, 0.6) is 0 Å². The number of carbonyl (C=O) groups excluding carboxylic acids is 2. The molecule has 0 aliphatic rings. The Morgan fingerprint density at radius 3 is 2.62 bits per heavy atom. The molecule has 1 amide bonds. The van der Waals surface area contributed by atoms with Gasteiger partial charge in [0.1, 0.15) is 11.3 Å². The number of hydrogen-bond acceptors (Lipinski definition) is 4. The van der Waals surface area contributed by atoms with Crippen molar-refractivity contribution in [3.8, 4) is 0 Å². The van der Waals surface area contributed by atoms with Gasteiger partial charge < -0.3 is 14.5 Å². The Balaban J connectivity index is 1.56. The van der Waals surface area contributed by atoms with Crippen molar-refractivity contribution >= 4 is 46.0 Å². The van der Waals surface area contributed by atoms with Crippen molar-refractivity contribution in [2.24, 2.45) is 0 Å². The van der Waals surface area contributed by atoms with Crippen molar-refractivity contribution < 1.29 is 18.7 Å². The molecule has 0 fully saturated rings. The summed E-state index contributed by atoms with van der Waals surface area (Å²) >= 11 is 11.7. The van der Waals surface area contributed by atoms with E-state index in [-0.39, 0.29) is 16.6 Å². The summed E-state index contributed by atoms with van der Waals surface area (Å²) < 4.78 is 10.7. The van der Waals surface area contributed by atoms with E-state index in [1.165, 1.54) is 18.2 Å². The maximum atomic E-state index is 12.0. The Bertz CT molecular complexity index is 934. The second kappa shape index (κ2) is 7.81. The van der Waals surface area contributed by atoms with Crippen LogP contribution in [-0.4, -0.2) is 18.5 Å². The van der Waals surface area contributed by atoms with Gasteiger partial charge in [-0.05, 0) is 37.3 Å². The number of ether oxygens (including phenoxy) is 1. The fourth-order valence-corrected chi connectivity index (χ4v) is 2.71. The Hall–Kier alpha value is -2.50. The molecular weight excluding hydrogens is 377 g/mol. The first-order valence-electron chi connectivity index (χ1n) is 7.84. The van der Waals surface area contributed by atoms with Crippen LogP contribution in [0.1, 0.15) is 29.1 Å². The smallest absolute Gasteiger partial charge is 0.338 e. The third kappa shape index (κ3) is 4.18. The van der Waals surface area contributed by atoms with E-state index < -0.39 is 18.5 Å². The van der Waals surface area contributed by atoms with Crippen LogP contribution in [0.25, 0.3) is 11.0 Å². The number of halogens is 2. The summed E-state index contributed by atoms with van der Waals surface area (Å²) in [5.74, 6) is -0.475. The van der Waals surface area contributed by atoms with Crippen molar-refractivity contribution in [2.45, 2.75) is 13.0 Å². The summed E-state index contributed by atoms with van der Waals surface area (Å²) in [5.41, 5.74) is 0.965. The van der Waals surface area contributed by atoms with E-state index in [9.17, 15) is 9.59 Å². The highest BCUT2D eigenvalue weighted by Crippen LogP contribution is 2.24. The predicted molar refractivity (Wildman–Crippen MR) is 99.5 cm³/mol. The molecule has 1 atom stereocenters. The van der Waals surface area contributed by atoms with Crippen LogP contribution in [0.2, 0.25) is 10.0 Å². The molecule has 5 nitrogen and oxygen atoms in total. The lowest BCUT2D eigenvalue weighted by atomic mass is 10.2. The fraction of sp³-hybridized carbons (Fsp3) is 0.158. The minimum absolute atomic E-state index is 0.220. The normalized spacial score (nSPS) is 12.0. The summed E-state index contributed by atoms with van der Waals surface area (Å²) in [5, 5.41) is 4.25. The lowest BCUT2D eigenvalue weighted by Gasteiger charge is -2.11. The van der Waals surface area contributed by atoms with Gasteiger partial charge in [-0.2, -0.15) is 0 Å². The van der Waals surface area contributed by atoms with E-state index in [1.807, 2.05) is 30.3 Å². The maximum Gasteiger partial charge on any atom is 0.338 e. The zero-order valence-electron chi connectivity index (χ0n) is 13.8. The number of rotatable bonds is 5. The van der Waals surface area contributed by atoms with Gasteiger partial charge in [0.25, 0.3) is 5.91 Å². The first-order valence-corrected chi connectivity index (χ1v) is 8.59. The van der Waals surface area contributed by atoms with Crippen LogP contribution in [0.4, 0.5) is 0 Å². The average Bonchev–Trinajstić information content (AvgIpc) is 3.06. The number of furan rings is 1. The molecule has 0 aliphatic carbocycles. The molecule has 1 heterocycles. The molecule has 1 aromatic heterocycles. The van der Waals surface area contributed by atoms with E-state index >= 15 is 0 Å². The van der Waals surface area contributed by atoms with Crippen LogP contribution >= 0.6 is 23.2 Å². The number of nitrogens with one attached hydrogen (secondary N) is 1. The van der Waals surface area contributed by atoms with Crippen molar-refractivity contribution in [2.75, 3.05) is 6.61 Å². The number of fused-ring (bicyclic) bond motifs is 1. The van der Waals surface area contributed by atoms with Gasteiger partial charge in [-0.25, -0.2) is 4.79 Å². The standard InChI is InChI=1S/C19H15Cl2NO4/c1-11(17-9-12-4-2-3-5-16(12)26-17)22-18(23)10-25-19(24)13-6-7-14(20)15(21)8-13/h2-9,11H,10H2,1H3,(H,22,23)/t11-/m0/s1. The highest BCUT2D eigenvalue weighted by atomic mass is 35.5. The van der Waals surface area contributed by atoms with Gasteiger partial charge in [0.2, 0.25) is 0 Å². The van der Waals surface area contributed by atoms with Crippen LogP contribution in [-0.2, 0) is 9.53 Å². The summed E-state index contributed by atoms with van der Waals surface area (Å²) in [4.78, 5) is 24.0. The molecule has 0 bridgehead atoms. The Morgan fingerprint density at radius 1 is 1.12 bits per heavy atom. The maximum absolute atomic E-state index is 12.0. The fourth-order valence-electron chi connectivity index (χ4n) is 2.41. The zero-order chi connectivity index (χ0) is 18.7. The van der Waals surface area contributed by atoms with E-state index in [2.05, 4.69) is 5.32 Å². The second-order valence-electron chi connectivity index (χ2n) is 5.68. The van der Waals surface area contributed by atoms with Crippen molar-refractivity contribution in [3.05, 3.63) is 69.9 Å². The first kappa shape index (κ1) is 18.3. The quantitative estimate of drug-likeness (QED) is 0.635. The van der Waals surface area contributed by atoms with Crippen molar-refractivity contribution in [1.82, 2.24) is 5.32 Å². The van der Waals surface area contributed by atoms with Gasteiger partial charge in [-0.1, -0.05) is 41.4 Å². The molecule has 3 rings (SSSR count). The first-order chi connectivity index (χ1) is 12.4. The molecule has 134 valence electrons. The largest absolute Gasteiger partial charge is 0.459 e. The minimum Gasteiger partial charge on any atom is -0.459 e. The number of carbonyl (C=O) groups is 2. The highest BCUT2D eigenvalue weighted by Gasteiger charge is 2.16. The second-order valence-corrected chi connectivity index (χ2v) is 6.50. The number of para-hydroxylation sites is 1.